The lowest BCUT2D eigenvalue weighted by Gasteiger charge is -2.26. The number of nitrogens with zero attached hydrogens (tertiary/aromatic N) is 1. The quantitative estimate of drug-likeness (QED) is 0.263. The number of rotatable bonds is 12. The van der Waals surface area contributed by atoms with Crippen LogP contribution in [0.25, 0.3) is 0 Å². The van der Waals surface area contributed by atoms with Crippen LogP contribution in [0.5, 0.6) is 0 Å². The van der Waals surface area contributed by atoms with E-state index in [1.807, 2.05) is 0 Å². The molecule has 9 nitrogen and oxygen atoms in total. The molecule has 0 rings (SSSR count). The van der Waals surface area contributed by atoms with Gasteiger partial charge in [0.05, 0.1) is 13.7 Å². The lowest BCUT2D eigenvalue weighted by atomic mass is 10.2. The Morgan fingerprint density at radius 3 is 1.62 bits per heavy atom. The summed E-state index contributed by atoms with van der Waals surface area (Å²) in [7, 11) is 1.21. The average Bonchev–Trinajstić information content (AvgIpc) is 2.56. The summed E-state index contributed by atoms with van der Waals surface area (Å²) in [6.45, 7) is 8.81. The zero-order chi connectivity index (χ0) is 20.3. The predicted molar refractivity (Wildman–Crippen MR) is 92.0 cm³/mol. The number of carbonyl (C=O) groups excluding carboxylic acids is 3. The summed E-state index contributed by atoms with van der Waals surface area (Å²) in [5, 5.41) is 19.9. The third-order valence-corrected chi connectivity index (χ3v) is 3.03. The summed E-state index contributed by atoms with van der Waals surface area (Å²) in [6.07, 6.45) is -2.21. The summed E-state index contributed by atoms with van der Waals surface area (Å²) in [5.74, 6) is -1.87. The normalized spacial score (nSPS) is 12.8. The molecule has 26 heavy (non-hydrogen) atoms. The highest BCUT2D eigenvalue weighted by Gasteiger charge is 2.21. The molecule has 0 saturated carbocycles. The molecule has 0 bridgehead atoms. The first-order valence-corrected chi connectivity index (χ1v) is 7.87. The van der Waals surface area contributed by atoms with Crippen molar-refractivity contribution < 1.29 is 38.8 Å². The molecule has 0 aromatic rings. The highest BCUT2D eigenvalue weighted by atomic mass is 16.5. The highest BCUT2D eigenvalue weighted by molar-refractivity contribution is 5.87. The standard InChI is InChI=1S/C17H27NO8/c1-11(2)16(22)25-9-13(19)6-18(8-15(21)24-5)7-14(20)10-26-17(23)12(3)4/h13-14,19-20H,1,3,6-10H2,2,4-5H3. The van der Waals surface area contributed by atoms with Crippen molar-refractivity contribution in [1.29, 1.82) is 0 Å². The number of methoxy groups -OCH3 is 1. The highest BCUT2D eigenvalue weighted by Crippen LogP contribution is 2.02. The Morgan fingerprint density at radius 2 is 1.31 bits per heavy atom. The molecule has 0 amide bonds. The van der Waals surface area contributed by atoms with Crippen LogP contribution in [0.1, 0.15) is 13.8 Å². The Bertz CT molecular complexity index is 493. The van der Waals surface area contributed by atoms with Crippen LogP contribution >= 0.6 is 0 Å². The fourth-order valence-electron chi connectivity index (χ4n) is 1.74. The number of aliphatic hydroxyl groups excluding tert-OH is 2. The number of carbonyl (C=O) groups is 3. The molecule has 0 radical (unpaired) electrons. The van der Waals surface area contributed by atoms with Gasteiger partial charge in [-0.2, -0.15) is 0 Å². The minimum Gasteiger partial charge on any atom is -0.468 e. The van der Waals surface area contributed by atoms with Crippen molar-refractivity contribution in [1.82, 2.24) is 4.90 Å². The van der Waals surface area contributed by atoms with Crippen molar-refractivity contribution in [2.24, 2.45) is 0 Å². The van der Waals surface area contributed by atoms with Crippen molar-refractivity contribution in [2.45, 2.75) is 26.1 Å². The van der Waals surface area contributed by atoms with Crippen LogP contribution in [-0.2, 0) is 28.6 Å². The molecule has 0 aliphatic heterocycles. The Morgan fingerprint density at radius 1 is 0.923 bits per heavy atom. The second-order valence-electron chi connectivity index (χ2n) is 5.84. The Labute approximate surface area is 152 Å². The van der Waals surface area contributed by atoms with E-state index in [1.165, 1.54) is 25.9 Å². The largest absolute Gasteiger partial charge is 0.468 e. The molecular weight excluding hydrogens is 346 g/mol. The topological polar surface area (TPSA) is 123 Å². The molecule has 0 aliphatic rings. The van der Waals surface area contributed by atoms with Crippen LogP contribution in [0.15, 0.2) is 24.3 Å². The van der Waals surface area contributed by atoms with Crippen LogP contribution in [0, 0.1) is 0 Å². The van der Waals surface area contributed by atoms with Gasteiger partial charge in [0.1, 0.15) is 25.4 Å². The monoisotopic (exact) mass is 373 g/mol. The van der Waals surface area contributed by atoms with Gasteiger partial charge >= 0.3 is 17.9 Å². The molecule has 0 heterocycles. The first-order chi connectivity index (χ1) is 12.1. The molecule has 0 saturated heterocycles. The van der Waals surface area contributed by atoms with Crippen molar-refractivity contribution >= 4 is 17.9 Å². The number of ether oxygens (including phenoxy) is 3. The molecule has 2 unspecified atom stereocenters. The Hall–Kier alpha value is -2.23. The van der Waals surface area contributed by atoms with Gasteiger partial charge < -0.3 is 24.4 Å². The van der Waals surface area contributed by atoms with Gasteiger partial charge in [-0.25, -0.2) is 9.59 Å². The van der Waals surface area contributed by atoms with Gasteiger partial charge in [-0.05, 0) is 13.8 Å². The van der Waals surface area contributed by atoms with Gasteiger partial charge in [-0.15, -0.1) is 0 Å². The third kappa shape index (κ3) is 10.6. The average molecular weight is 373 g/mol. The van der Waals surface area contributed by atoms with E-state index in [9.17, 15) is 24.6 Å². The first kappa shape index (κ1) is 23.8. The van der Waals surface area contributed by atoms with Gasteiger partial charge in [-0.3, -0.25) is 9.69 Å². The maximum absolute atomic E-state index is 11.5. The summed E-state index contributed by atoms with van der Waals surface area (Å²) in [4.78, 5) is 35.5. The first-order valence-electron chi connectivity index (χ1n) is 7.87. The summed E-state index contributed by atoms with van der Waals surface area (Å²) in [5.41, 5.74) is 0.386. The molecule has 0 aliphatic carbocycles. The van der Waals surface area contributed by atoms with Gasteiger partial charge in [0.15, 0.2) is 0 Å². The van der Waals surface area contributed by atoms with Crippen LogP contribution < -0.4 is 0 Å². The molecule has 2 atom stereocenters. The SMILES string of the molecule is C=C(C)C(=O)OCC(O)CN(CC(=O)OC)CC(O)COC(=O)C(=C)C. The molecule has 148 valence electrons. The second-order valence-corrected chi connectivity index (χ2v) is 5.84. The predicted octanol–water partition coefficient (Wildman–Crippen LogP) is -0.578. The van der Waals surface area contributed by atoms with Crippen molar-refractivity contribution in [3.05, 3.63) is 24.3 Å². The summed E-state index contributed by atoms with van der Waals surface area (Å²) >= 11 is 0. The van der Waals surface area contributed by atoms with Crippen LogP contribution in [-0.4, -0.2) is 85.2 Å². The zero-order valence-electron chi connectivity index (χ0n) is 15.4. The van der Waals surface area contributed by atoms with Crippen LogP contribution in [0.3, 0.4) is 0 Å². The number of hydrogen-bond donors (Lipinski definition) is 2. The minimum atomic E-state index is -1.10. The van der Waals surface area contributed by atoms with E-state index in [0.29, 0.717) is 0 Å². The third-order valence-electron chi connectivity index (χ3n) is 3.03. The number of aliphatic hydroxyl groups is 2. The zero-order valence-corrected chi connectivity index (χ0v) is 15.4. The lowest BCUT2D eigenvalue weighted by molar-refractivity contribution is -0.146. The maximum atomic E-state index is 11.5. The van der Waals surface area contributed by atoms with Gasteiger partial charge in [0, 0.05) is 24.2 Å². The minimum absolute atomic E-state index is 0.0793. The molecular formula is C17H27NO8. The molecule has 9 heteroatoms. The maximum Gasteiger partial charge on any atom is 0.333 e. The van der Waals surface area contributed by atoms with Gasteiger partial charge in [0.2, 0.25) is 0 Å². The summed E-state index contributed by atoms with van der Waals surface area (Å²) in [6, 6.07) is 0. The molecule has 0 fully saturated rings. The van der Waals surface area contributed by atoms with Crippen molar-refractivity contribution in [3.63, 3.8) is 0 Å². The smallest absolute Gasteiger partial charge is 0.333 e. The van der Waals surface area contributed by atoms with Gasteiger partial charge in [0.25, 0.3) is 0 Å². The van der Waals surface area contributed by atoms with Gasteiger partial charge in [-0.1, -0.05) is 13.2 Å². The van der Waals surface area contributed by atoms with E-state index in [4.69, 9.17) is 9.47 Å². The van der Waals surface area contributed by atoms with Crippen LogP contribution in [0.4, 0.5) is 0 Å². The van der Waals surface area contributed by atoms with E-state index < -0.39 is 30.1 Å². The fraction of sp³-hybridized carbons (Fsp3) is 0.588. The second kappa shape index (κ2) is 12.2. The fourth-order valence-corrected chi connectivity index (χ4v) is 1.74. The summed E-state index contributed by atoms with van der Waals surface area (Å²) < 4.78 is 14.2. The lowest BCUT2D eigenvalue weighted by Crippen LogP contribution is -2.44. The van der Waals surface area contributed by atoms with E-state index in [2.05, 4.69) is 17.9 Å². The molecule has 0 aromatic carbocycles. The molecule has 2 N–H and O–H groups in total. The van der Waals surface area contributed by atoms with E-state index >= 15 is 0 Å². The van der Waals surface area contributed by atoms with E-state index in [-0.39, 0.29) is 44.0 Å². The number of esters is 3. The van der Waals surface area contributed by atoms with E-state index in [1.54, 1.807) is 0 Å². The van der Waals surface area contributed by atoms with Crippen LogP contribution in [0.2, 0.25) is 0 Å². The number of hydrogen-bond acceptors (Lipinski definition) is 9. The van der Waals surface area contributed by atoms with Crippen molar-refractivity contribution in [2.75, 3.05) is 40.0 Å². The molecule has 0 aromatic heterocycles. The van der Waals surface area contributed by atoms with E-state index in [0.717, 1.165) is 0 Å². The Balaban J connectivity index is 4.61. The Kier molecular flexibility index (Phi) is 11.1. The molecule has 0 spiro atoms. The van der Waals surface area contributed by atoms with Crippen molar-refractivity contribution in [3.8, 4) is 0 Å².